The van der Waals surface area contributed by atoms with Gasteiger partial charge in [-0.2, -0.15) is 0 Å². The molecule has 14 heavy (non-hydrogen) atoms. The number of hydrogen-bond acceptors (Lipinski definition) is 2. The van der Waals surface area contributed by atoms with Gasteiger partial charge in [-0.05, 0) is 56.9 Å². The van der Waals surface area contributed by atoms with E-state index in [9.17, 15) is 5.11 Å². The Morgan fingerprint density at radius 3 is 2.43 bits per heavy atom. The fourth-order valence-corrected chi connectivity index (χ4v) is 3.42. The molecule has 0 aromatic heterocycles. The Kier molecular flexibility index (Phi) is 2.29. The summed E-state index contributed by atoms with van der Waals surface area (Å²) in [6.07, 6.45) is 7.84. The highest BCUT2D eigenvalue weighted by atomic mass is 16.3. The highest BCUT2D eigenvalue weighted by Crippen LogP contribution is 2.42. The molecule has 3 atom stereocenters. The summed E-state index contributed by atoms with van der Waals surface area (Å²) in [4.78, 5) is 2.57. The zero-order chi connectivity index (χ0) is 9.54. The lowest BCUT2D eigenvalue weighted by Crippen LogP contribution is -2.38. The first-order valence-electron chi connectivity index (χ1n) is 6.27. The van der Waals surface area contributed by atoms with Crippen LogP contribution in [0.2, 0.25) is 0 Å². The lowest BCUT2D eigenvalue weighted by Gasteiger charge is -2.26. The van der Waals surface area contributed by atoms with E-state index >= 15 is 0 Å². The summed E-state index contributed by atoms with van der Waals surface area (Å²) in [5, 5.41) is 9.85. The summed E-state index contributed by atoms with van der Waals surface area (Å²) in [5.74, 6) is 2.03. The largest absolute Gasteiger partial charge is 0.391 e. The molecule has 3 fully saturated rings. The molecule has 1 heterocycles. The molecular formula is C12H21NO. The van der Waals surface area contributed by atoms with Crippen LogP contribution >= 0.6 is 0 Å². The van der Waals surface area contributed by atoms with Crippen LogP contribution in [0, 0.1) is 11.8 Å². The number of likely N-dealkylation sites (tertiary alicyclic amines) is 1. The summed E-state index contributed by atoms with van der Waals surface area (Å²) in [5.41, 5.74) is 0. The second kappa shape index (κ2) is 3.49. The van der Waals surface area contributed by atoms with E-state index in [0.29, 0.717) is 6.04 Å². The first-order chi connectivity index (χ1) is 6.84. The molecule has 80 valence electrons. The van der Waals surface area contributed by atoms with Crippen LogP contribution in [0.1, 0.15) is 38.5 Å². The van der Waals surface area contributed by atoms with E-state index in [4.69, 9.17) is 0 Å². The monoisotopic (exact) mass is 195 g/mol. The van der Waals surface area contributed by atoms with E-state index in [-0.39, 0.29) is 6.10 Å². The Balaban J connectivity index is 1.58. The Morgan fingerprint density at radius 2 is 1.79 bits per heavy atom. The third kappa shape index (κ3) is 1.59. The van der Waals surface area contributed by atoms with Gasteiger partial charge in [-0.1, -0.05) is 0 Å². The molecule has 1 aliphatic heterocycles. The van der Waals surface area contributed by atoms with E-state index in [0.717, 1.165) is 18.3 Å². The summed E-state index contributed by atoms with van der Waals surface area (Å²) in [6, 6.07) is 0.513. The molecule has 3 aliphatic rings. The normalized spacial score (nSPS) is 44.8. The van der Waals surface area contributed by atoms with Gasteiger partial charge in [0, 0.05) is 12.6 Å². The van der Waals surface area contributed by atoms with Gasteiger partial charge in [0.15, 0.2) is 0 Å². The van der Waals surface area contributed by atoms with E-state index in [1.807, 2.05) is 0 Å². The topological polar surface area (TPSA) is 23.5 Å². The number of hydrogen-bond donors (Lipinski definition) is 1. The third-order valence-corrected chi connectivity index (χ3v) is 4.46. The lowest BCUT2D eigenvalue weighted by atomic mass is 10.0. The molecule has 0 bridgehead atoms. The summed E-state index contributed by atoms with van der Waals surface area (Å²) in [7, 11) is 0. The van der Waals surface area contributed by atoms with Crippen molar-refractivity contribution < 1.29 is 5.11 Å². The van der Waals surface area contributed by atoms with Crippen molar-refractivity contribution in [2.45, 2.75) is 50.7 Å². The van der Waals surface area contributed by atoms with Crippen LogP contribution in [-0.2, 0) is 0 Å². The molecule has 0 aromatic carbocycles. The van der Waals surface area contributed by atoms with Crippen molar-refractivity contribution in [1.29, 1.82) is 0 Å². The second-order valence-electron chi connectivity index (χ2n) is 5.45. The van der Waals surface area contributed by atoms with Crippen molar-refractivity contribution in [2.75, 3.05) is 13.1 Å². The van der Waals surface area contributed by atoms with Crippen molar-refractivity contribution in [3.05, 3.63) is 0 Å². The third-order valence-electron chi connectivity index (χ3n) is 4.46. The van der Waals surface area contributed by atoms with Gasteiger partial charge in [-0.3, -0.25) is 4.90 Å². The Labute approximate surface area is 86.3 Å². The van der Waals surface area contributed by atoms with Gasteiger partial charge < -0.3 is 5.11 Å². The molecule has 3 rings (SSSR count). The Hall–Kier alpha value is -0.0800. The minimum atomic E-state index is -0.0204. The highest BCUT2D eigenvalue weighted by Gasteiger charge is 2.40. The zero-order valence-corrected chi connectivity index (χ0v) is 8.86. The molecule has 2 nitrogen and oxygen atoms in total. The van der Waals surface area contributed by atoms with Crippen molar-refractivity contribution >= 4 is 0 Å². The van der Waals surface area contributed by atoms with Gasteiger partial charge in [-0.15, -0.1) is 0 Å². The zero-order valence-electron chi connectivity index (χ0n) is 8.86. The van der Waals surface area contributed by atoms with Crippen molar-refractivity contribution in [2.24, 2.45) is 11.8 Å². The molecular weight excluding hydrogens is 174 g/mol. The summed E-state index contributed by atoms with van der Waals surface area (Å²) in [6.45, 7) is 2.54. The maximum Gasteiger partial charge on any atom is 0.0695 e. The van der Waals surface area contributed by atoms with E-state index in [2.05, 4.69) is 4.90 Å². The quantitative estimate of drug-likeness (QED) is 0.724. The highest BCUT2D eigenvalue weighted by molar-refractivity contribution is 4.93. The second-order valence-corrected chi connectivity index (χ2v) is 5.45. The minimum Gasteiger partial charge on any atom is -0.391 e. The fourth-order valence-electron chi connectivity index (χ4n) is 3.42. The van der Waals surface area contributed by atoms with Crippen LogP contribution in [0.25, 0.3) is 0 Å². The maximum atomic E-state index is 9.85. The average Bonchev–Trinajstić information content (AvgIpc) is 2.75. The standard InChI is InChI=1S/C12H21NO/c14-12-3-1-2-11(12)13-7-6-10(8-13)9-4-5-9/h9-12,14H,1-8H2/t10?,11-,12-/m1/s1. The first kappa shape index (κ1) is 9.17. The smallest absolute Gasteiger partial charge is 0.0695 e. The number of nitrogens with zero attached hydrogens (tertiary/aromatic N) is 1. The van der Waals surface area contributed by atoms with E-state index < -0.39 is 0 Å². The minimum absolute atomic E-state index is 0.0204. The van der Waals surface area contributed by atoms with Gasteiger partial charge >= 0.3 is 0 Å². The van der Waals surface area contributed by atoms with E-state index in [1.165, 1.54) is 45.2 Å². The van der Waals surface area contributed by atoms with Crippen LogP contribution in [0.3, 0.4) is 0 Å². The van der Waals surface area contributed by atoms with Crippen LogP contribution in [0.15, 0.2) is 0 Å². The molecule has 0 radical (unpaired) electrons. The molecule has 1 N–H and O–H groups in total. The van der Waals surface area contributed by atoms with Crippen LogP contribution < -0.4 is 0 Å². The molecule has 0 amide bonds. The van der Waals surface area contributed by atoms with Gasteiger partial charge in [0.1, 0.15) is 0 Å². The van der Waals surface area contributed by atoms with Gasteiger partial charge in [0.25, 0.3) is 0 Å². The molecule has 0 aromatic rings. The lowest BCUT2D eigenvalue weighted by molar-refractivity contribution is 0.0825. The number of aliphatic hydroxyl groups is 1. The van der Waals surface area contributed by atoms with Crippen molar-refractivity contribution in [1.82, 2.24) is 4.90 Å². The molecule has 1 saturated heterocycles. The molecule has 2 saturated carbocycles. The van der Waals surface area contributed by atoms with Crippen molar-refractivity contribution in [3.63, 3.8) is 0 Å². The predicted molar refractivity (Wildman–Crippen MR) is 56.0 cm³/mol. The van der Waals surface area contributed by atoms with Gasteiger partial charge in [0.05, 0.1) is 6.10 Å². The van der Waals surface area contributed by atoms with E-state index in [1.54, 1.807) is 0 Å². The fraction of sp³-hybridized carbons (Fsp3) is 1.00. The van der Waals surface area contributed by atoms with Crippen LogP contribution in [0.4, 0.5) is 0 Å². The molecule has 0 spiro atoms. The molecule has 2 heteroatoms. The summed E-state index contributed by atoms with van der Waals surface area (Å²) < 4.78 is 0. The number of aliphatic hydroxyl groups excluding tert-OH is 1. The summed E-state index contributed by atoms with van der Waals surface area (Å²) >= 11 is 0. The molecule has 2 aliphatic carbocycles. The SMILES string of the molecule is O[C@@H]1CCC[C@H]1N1CCC(C2CC2)C1. The first-order valence-corrected chi connectivity index (χ1v) is 6.27. The van der Waals surface area contributed by atoms with Crippen LogP contribution in [-0.4, -0.2) is 35.2 Å². The van der Waals surface area contributed by atoms with Crippen LogP contribution in [0.5, 0.6) is 0 Å². The Morgan fingerprint density at radius 1 is 0.929 bits per heavy atom. The molecule has 1 unspecified atom stereocenters. The van der Waals surface area contributed by atoms with Gasteiger partial charge in [0.2, 0.25) is 0 Å². The maximum absolute atomic E-state index is 9.85. The van der Waals surface area contributed by atoms with Crippen molar-refractivity contribution in [3.8, 4) is 0 Å². The number of rotatable bonds is 2. The average molecular weight is 195 g/mol. The Bertz CT molecular complexity index is 214. The van der Waals surface area contributed by atoms with Gasteiger partial charge in [-0.25, -0.2) is 0 Å². The predicted octanol–water partition coefficient (Wildman–Crippen LogP) is 1.63.